The van der Waals surface area contributed by atoms with Gasteiger partial charge in [-0.1, -0.05) is 24.6 Å². The highest BCUT2D eigenvalue weighted by atomic mass is 15.2. The van der Waals surface area contributed by atoms with E-state index in [0.717, 1.165) is 35.8 Å². The van der Waals surface area contributed by atoms with Crippen LogP contribution in [0.5, 0.6) is 0 Å². The fraction of sp³-hybridized carbons (Fsp3) is 0.667. The molecule has 0 aromatic heterocycles. The van der Waals surface area contributed by atoms with Crippen LogP contribution in [0.3, 0.4) is 0 Å². The SMILES string of the molecule is c1ccc(N2C3CC4CC2C2CCCC4C2C3)cc1. The number of hydrogen-bond acceptors (Lipinski definition) is 1. The Hall–Kier alpha value is -0.980. The normalized spacial score (nSPS) is 46.6. The Morgan fingerprint density at radius 1 is 0.842 bits per heavy atom. The van der Waals surface area contributed by atoms with Crippen molar-refractivity contribution in [3.05, 3.63) is 30.3 Å². The van der Waals surface area contributed by atoms with Crippen molar-refractivity contribution >= 4 is 5.69 Å². The average molecular weight is 253 g/mol. The Balaban J connectivity index is 1.56. The topological polar surface area (TPSA) is 3.24 Å². The molecule has 100 valence electrons. The maximum absolute atomic E-state index is 2.83. The summed E-state index contributed by atoms with van der Waals surface area (Å²) in [5, 5.41) is 0. The first-order valence-electron chi connectivity index (χ1n) is 8.25. The Labute approximate surface area is 116 Å². The summed E-state index contributed by atoms with van der Waals surface area (Å²) < 4.78 is 0. The molecule has 6 atom stereocenters. The maximum Gasteiger partial charge on any atom is 0.0371 e. The summed E-state index contributed by atoms with van der Waals surface area (Å²) in [6, 6.07) is 13.0. The van der Waals surface area contributed by atoms with Crippen LogP contribution in [0.2, 0.25) is 0 Å². The number of anilines is 1. The number of hydrogen-bond donors (Lipinski definition) is 0. The van der Waals surface area contributed by atoms with Crippen LogP contribution in [-0.2, 0) is 0 Å². The molecular formula is C18H23N. The second-order valence-corrected chi connectivity index (χ2v) is 7.35. The molecular weight excluding hydrogens is 230 g/mol. The number of rotatable bonds is 1. The molecule has 1 aromatic rings. The zero-order chi connectivity index (χ0) is 12.4. The molecule has 19 heavy (non-hydrogen) atoms. The largest absolute Gasteiger partial charge is 0.365 e. The van der Waals surface area contributed by atoms with Gasteiger partial charge in [-0.05, 0) is 67.9 Å². The molecule has 3 aliphatic carbocycles. The molecule has 6 unspecified atom stereocenters. The van der Waals surface area contributed by atoms with E-state index in [-0.39, 0.29) is 0 Å². The van der Waals surface area contributed by atoms with E-state index in [1.165, 1.54) is 37.8 Å². The van der Waals surface area contributed by atoms with Crippen LogP contribution in [0, 0.1) is 23.7 Å². The smallest absolute Gasteiger partial charge is 0.0371 e. The summed E-state index contributed by atoms with van der Waals surface area (Å²) in [6.45, 7) is 0. The van der Waals surface area contributed by atoms with E-state index in [9.17, 15) is 0 Å². The summed E-state index contributed by atoms with van der Waals surface area (Å²) in [7, 11) is 0. The highest BCUT2D eigenvalue weighted by Gasteiger charge is 2.57. The van der Waals surface area contributed by atoms with Crippen molar-refractivity contribution in [1.82, 2.24) is 0 Å². The summed E-state index contributed by atoms with van der Waals surface area (Å²) in [4.78, 5) is 2.83. The van der Waals surface area contributed by atoms with E-state index in [1.807, 2.05) is 0 Å². The lowest BCUT2D eigenvalue weighted by atomic mass is 9.49. The van der Waals surface area contributed by atoms with Crippen LogP contribution >= 0.6 is 0 Å². The molecule has 6 rings (SSSR count). The fourth-order valence-corrected chi connectivity index (χ4v) is 6.26. The van der Waals surface area contributed by atoms with Gasteiger partial charge in [0.1, 0.15) is 0 Å². The molecule has 3 saturated carbocycles. The second-order valence-electron chi connectivity index (χ2n) is 7.35. The number of nitrogens with zero attached hydrogens (tertiary/aromatic N) is 1. The van der Waals surface area contributed by atoms with E-state index in [4.69, 9.17) is 0 Å². The third-order valence-corrected chi connectivity index (χ3v) is 6.74. The first kappa shape index (κ1) is 10.8. The molecule has 1 nitrogen and oxygen atoms in total. The zero-order valence-electron chi connectivity index (χ0n) is 11.5. The summed E-state index contributed by atoms with van der Waals surface area (Å²) >= 11 is 0. The van der Waals surface area contributed by atoms with Gasteiger partial charge in [0, 0.05) is 17.8 Å². The van der Waals surface area contributed by atoms with Crippen LogP contribution in [0.4, 0.5) is 5.69 Å². The van der Waals surface area contributed by atoms with E-state index in [1.54, 1.807) is 6.42 Å². The predicted octanol–water partition coefficient (Wildman–Crippen LogP) is 4.09. The van der Waals surface area contributed by atoms with Crippen molar-refractivity contribution in [3.63, 3.8) is 0 Å². The lowest BCUT2D eigenvalue weighted by molar-refractivity contribution is -0.0593. The van der Waals surface area contributed by atoms with Gasteiger partial charge in [-0.25, -0.2) is 0 Å². The molecule has 2 heterocycles. The summed E-state index contributed by atoms with van der Waals surface area (Å²) in [5.41, 5.74) is 1.50. The van der Waals surface area contributed by atoms with Gasteiger partial charge >= 0.3 is 0 Å². The van der Waals surface area contributed by atoms with E-state index < -0.39 is 0 Å². The van der Waals surface area contributed by atoms with Crippen molar-refractivity contribution in [1.29, 1.82) is 0 Å². The highest BCUT2D eigenvalue weighted by molar-refractivity contribution is 5.50. The Bertz CT molecular complexity index is 482. The van der Waals surface area contributed by atoms with Gasteiger partial charge in [-0.15, -0.1) is 0 Å². The average Bonchev–Trinajstić information content (AvgIpc) is 2.45. The molecule has 2 saturated heterocycles. The molecule has 6 bridgehead atoms. The predicted molar refractivity (Wildman–Crippen MR) is 78.2 cm³/mol. The molecule has 0 amide bonds. The van der Waals surface area contributed by atoms with Gasteiger partial charge < -0.3 is 4.90 Å². The molecule has 0 spiro atoms. The van der Waals surface area contributed by atoms with Crippen LogP contribution < -0.4 is 4.90 Å². The number of para-hydroxylation sites is 1. The van der Waals surface area contributed by atoms with Crippen molar-refractivity contribution in [2.75, 3.05) is 4.90 Å². The van der Waals surface area contributed by atoms with Gasteiger partial charge in [0.2, 0.25) is 0 Å². The van der Waals surface area contributed by atoms with Crippen molar-refractivity contribution in [2.45, 2.75) is 50.6 Å². The van der Waals surface area contributed by atoms with Crippen LogP contribution in [-0.4, -0.2) is 12.1 Å². The second kappa shape index (κ2) is 3.77. The van der Waals surface area contributed by atoms with Crippen LogP contribution in [0.15, 0.2) is 30.3 Å². The van der Waals surface area contributed by atoms with Crippen molar-refractivity contribution in [2.24, 2.45) is 23.7 Å². The minimum absolute atomic E-state index is 0.863. The molecule has 0 radical (unpaired) electrons. The van der Waals surface area contributed by atoms with Gasteiger partial charge in [-0.2, -0.15) is 0 Å². The standard InChI is InChI=1S/C18H23N/c1-2-5-13(6-3-1)19-14-9-12-10-18(19)16-8-4-7-15(12)17(16)11-14/h1-3,5-6,12,14-18H,4,7-11H2. The van der Waals surface area contributed by atoms with Gasteiger partial charge in [0.05, 0.1) is 0 Å². The number of benzene rings is 1. The third kappa shape index (κ3) is 1.37. The Morgan fingerprint density at radius 3 is 2.58 bits per heavy atom. The minimum Gasteiger partial charge on any atom is -0.365 e. The maximum atomic E-state index is 2.83. The monoisotopic (exact) mass is 253 g/mol. The quantitative estimate of drug-likeness (QED) is 0.728. The Morgan fingerprint density at radius 2 is 1.68 bits per heavy atom. The third-order valence-electron chi connectivity index (χ3n) is 6.74. The first-order valence-corrected chi connectivity index (χ1v) is 8.25. The van der Waals surface area contributed by atoms with E-state index in [2.05, 4.69) is 35.2 Å². The molecule has 1 heteroatoms. The van der Waals surface area contributed by atoms with Gasteiger partial charge in [0.25, 0.3) is 0 Å². The number of piperidine rings is 2. The van der Waals surface area contributed by atoms with Crippen LogP contribution in [0.1, 0.15) is 38.5 Å². The van der Waals surface area contributed by atoms with E-state index >= 15 is 0 Å². The lowest BCUT2D eigenvalue weighted by Crippen LogP contribution is -2.66. The fourth-order valence-electron chi connectivity index (χ4n) is 6.26. The van der Waals surface area contributed by atoms with Gasteiger partial charge in [0.15, 0.2) is 0 Å². The zero-order valence-corrected chi connectivity index (χ0v) is 11.5. The molecule has 0 N–H and O–H groups in total. The highest BCUT2D eigenvalue weighted by Crippen LogP contribution is 2.60. The minimum atomic E-state index is 0.863. The molecule has 2 aliphatic heterocycles. The molecule has 5 aliphatic rings. The lowest BCUT2D eigenvalue weighted by Gasteiger charge is -2.66. The van der Waals surface area contributed by atoms with Crippen molar-refractivity contribution < 1.29 is 0 Å². The van der Waals surface area contributed by atoms with E-state index in [0.29, 0.717) is 0 Å². The first-order chi connectivity index (χ1) is 9.42. The molecule has 1 aromatic carbocycles. The summed E-state index contributed by atoms with van der Waals surface area (Å²) in [6.07, 6.45) is 9.05. The van der Waals surface area contributed by atoms with Crippen molar-refractivity contribution in [3.8, 4) is 0 Å². The van der Waals surface area contributed by atoms with Crippen LogP contribution in [0.25, 0.3) is 0 Å². The summed E-state index contributed by atoms with van der Waals surface area (Å²) in [5.74, 6) is 4.30. The van der Waals surface area contributed by atoms with Gasteiger partial charge in [-0.3, -0.25) is 0 Å². The molecule has 5 fully saturated rings. The Kier molecular flexibility index (Phi) is 2.14.